The number of rotatable bonds is 7. The lowest BCUT2D eigenvalue weighted by atomic mass is 10.1. The summed E-state index contributed by atoms with van der Waals surface area (Å²) < 4.78 is 10.0. The van der Waals surface area contributed by atoms with Crippen LogP contribution in [0, 0.1) is 0 Å². The number of hydrogen-bond donors (Lipinski definition) is 0. The summed E-state index contributed by atoms with van der Waals surface area (Å²) in [5.74, 6) is -0.396. The highest BCUT2D eigenvalue weighted by Gasteiger charge is 2.33. The Morgan fingerprint density at radius 3 is 2.74 bits per heavy atom. The van der Waals surface area contributed by atoms with E-state index < -0.39 is 12.1 Å². The van der Waals surface area contributed by atoms with Gasteiger partial charge >= 0.3 is 12.1 Å². The number of carbonyl (C=O) groups excluding carboxylic acids is 2. The third-order valence-corrected chi connectivity index (χ3v) is 3.89. The highest BCUT2D eigenvalue weighted by molar-refractivity contribution is 5.89. The van der Waals surface area contributed by atoms with Crippen molar-refractivity contribution in [3.05, 3.63) is 47.7 Å². The summed E-state index contributed by atoms with van der Waals surface area (Å²) in [4.78, 5) is 25.5. The topological polar surface area (TPSA) is 55.8 Å². The van der Waals surface area contributed by atoms with Crippen molar-refractivity contribution in [3.8, 4) is 0 Å². The molecule has 0 spiro atoms. The fourth-order valence-electron chi connectivity index (χ4n) is 2.59. The maximum atomic E-state index is 12.0. The molecule has 124 valence electrons. The first-order chi connectivity index (χ1) is 11.2. The Hall–Kier alpha value is -2.30. The molecular formula is C18H23NO4. The van der Waals surface area contributed by atoms with Gasteiger partial charge in [0.1, 0.15) is 6.61 Å². The Kier molecular flexibility index (Phi) is 6.20. The monoisotopic (exact) mass is 317 g/mol. The molecule has 0 radical (unpaired) electrons. The molecule has 5 heteroatoms. The van der Waals surface area contributed by atoms with E-state index in [2.05, 4.69) is 6.92 Å². The summed E-state index contributed by atoms with van der Waals surface area (Å²) in [5, 5.41) is 0. The van der Waals surface area contributed by atoms with Crippen molar-refractivity contribution >= 4 is 12.1 Å². The molecule has 0 N–H and O–H groups in total. The minimum absolute atomic E-state index is 0.213. The molecule has 1 aromatic rings. The normalized spacial score (nSPS) is 18.0. The van der Waals surface area contributed by atoms with E-state index in [1.54, 1.807) is 6.20 Å². The molecule has 1 amide bonds. The molecular weight excluding hydrogens is 294 g/mol. The zero-order chi connectivity index (χ0) is 16.7. The molecule has 1 heterocycles. The Morgan fingerprint density at radius 2 is 2.09 bits per heavy atom. The quantitative estimate of drug-likeness (QED) is 0.436. The number of unbranched alkanes of at least 4 members (excludes halogenated alkanes) is 2. The predicted molar refractivity (Wildman–Crippen MR) is 86.6 cm³/mol. The van der Waals surface area contributed by atoms with E-state index in [4.69, 9.17) is 9.47 Å². The van der Waals surface area contributed by atoms with Gasteiger partial charge in [-0.05, 0) is 18.4 Å². The van der Waals surface area contributed by atoms with E-state index in [1.807, 2.05) is 30.3 Å². The number of nitrogens with zero attached hydrogens (tertiary/aromatic N) is 1. The molecule has 2 rings (SSSR count). The molecule has 0 aliphatic carbocycles. The van der Waals surface area contributed by atoms with Gasteiger partial charge in [-0.2, -0.15) is 0 Å². The van der Waals surface area contributed by atoms with E-state index in [0.29, 0.717) is 12.0 Å². The number of cyclic esters (lactones) is 1. The molecule has 1 aliphatic heterocycles. The van der Waals surface area contributed by atoms with Gasteiger partial charge in [-0.25, -0.2) is 9.59 Å². The Bertz CT molecular complexity index is 568. The number of benzene rings is 1. The van der Waals surface area contributed by atoms with Gasteiger partial charge < -0.3 is 9.47 Å². The van der Waals surface area contributed by atoms with Crippen LogP contribution < -0.4 is 0 Å². The second-order valence-corrected chi connectivity index (χ2v) is 5.51. The maximum Gasteiger partial charge on any atom is 0.414 e. The number of esters is 1. The summed E-state index contributed by atoms with van der Waals surface area (Å²) in [5.41, 5.74) is 1.48. The van der Waals surface area contributed by atoms with Crippen molar-refractivity contribution in [1.29, 1.82) is 0 Å². The third-order valence-electron chi connectivity index (χ3n) is 3.89. The lowest BCUT2D eigenvalue weighted by molar-refractivity contribution is -0.136. The van der Waals surface area contributed by atoms with Gasteiger partial charge in [0.25, 0.3) is 0 Å². The molecule has 23 heavy (non-hydrogen) atoms. The SMILES string of the molecule is CCCCC/C(=C\N1C(=O)OC[C@@H]1c1ccccc1)C(=O)OC. The standard InChI is InChI=1S/C18H23NO4/c1-3-4-6-11-15(17(20)22-2)12-19-16(13-23-18(19)21)14-9-7-5-8-10-14/h5,7-10,12,16H,3-4,6,11,13H2,1-2H3/b15-12+/t16-/m1/s1. The average molecular weight is 317 g/mol. The minimum Gasteiger partial charge on any atom is -0.466 e. The van der Waals surface area contributed by atoms with Crippen molar-refractivity contribution in [2.75, 3.05) is 13.7 Å². The van der Waals surface area contributed by atoms with Gasteiger partial charge in [-0.3, -0.25) is 4.90 Å². The molecule has 1 saturated heterocycles. The van der Waals surface area contributed by atoms with Crippen molar-refractivity contribution in [2.45, 2.75) is 38.6 Å². The predicted octanol–water partition coefficient (Wildman–Crippen LogP) is 3.82. The largest absolute Gasteiger partial charge is 0.466 e. The van der Waals surface area contributed by atoms with Crippen LogP contribution in [0.25, 0.3) is 0 Å². The van der Waals surface area contributed by atoms with Crippen molar-refractivity contribution in [3.63, 3.8) is 0 Å². The van der Waals surface area contributed by atoms with E-state index in [-0.39, 0.29) is 12.6 Å². The van der Waals surface area contributed by atoms with Crippen LogP contribution in [0.3, 0.4) is 0 Å². The zero-order valence-electron chi connectivity index (χ0n) is 13.7. The lowest BCUT2D eigenvalue weighted by Crippen LogP contribution is -2.23. The molecule has 0 aromatic heterocycles. The van der Waals surface area contributed by atoms with Crippen LogP contribution in [0.15, 0.2) is 42.1 Å². The van der Waals surface area contributed by atoms with Gasteiger partial charge in [0.2, 0.25) is 0 Å². The first-order valence-corrected chi connectivity index (χ1v) is 7.96. The van der Waals surface area contributed by atoms with E-state index in [9.17, 15) is 9.59 Å². The third kappa shape index (κ3) is 4.34. The van der Waals surface area contributed by atoms with Crippen LogP contribution in [-0.4, -0.2) is 30.7 Å². The minimum atomic E-state index is -0.434. The van der Waals surface area contributed by atoms with Crippen LogP contribution in [0.1, 0.15) is 44.2 Å². The summed E-state index contributed by atoms with van der Waals surface area (Å²) in [6.45, 7) is 2.38. The average Bonchev–Trinajstić information content (AvgIpc) is 2.95. The van der Waals surface area contributed by atoms with Crippen molar-refractivity contribution in [1.82, 2.24) is 4.90 Å². The molecule has 0 unspecified atom stereocenters. The molecule has 5 nitrogen and oxygen atoms in total. The smallest absolute Gasteiger partial charge is 0.414 e. The van der Waals surface area contributed by atoms with Gasteiger partial charge in [-0.1, -0.05) is 50.1 Å². The fraction of sp³-hybridized carbons (Fsp3) is 0.444. The fourth-order valence-corrected chi connectivity index (χ4v) is 2.59. The Balaban J connectivity index is 2.22. The maximum absolute atomic E-state index is 12.0. The summed E-state index contributed by atoms with van der Waals surface area (Å²) in [6.07, 6.45) is 4.72. The molecule has 1 aromatic carbocycles. The van der Waals surface area contributed by atoms with Crippen molar-refractivity contribution < 1.29 is 19.1 Å². The number of hydrogen-bond acceptors (Lipinski definition) is 4. The van der Waals surface area contributed by atoms with Crippen LogP contribution >= 0.6 is 0 Å². The highest BCUT2D eigenvalue weighted by Crippen LogP contribution is 2.29. The molecule has 1 aliphatic rings. The van der Waals surface area contributed by atoms with Crippen LogP contribution in [-0.2, 0) is 14.3 Å². The highest BCUT2D eigenvalue weighted by atomic mass is 16.6. The lowest BCUT2D eigenvalue weighted by Gasteiger charge is -2.19. The van der Waals surface area contributed by atoms with Crippen LogP contribution in [0.2, 0.25) is 0 Å². The van der Waals surface area contributed by atoms with Crippen LogP contribution in [0.4, 0.5) is 4.79 Å². The molecule has 1 atom stereocenters. The molecule has 0 saturated carbocycles. The first-order valence-electron chi connectivity index (χ1n) is 7.96. The number of ether oxygens (including phenoxy) is 2. The summed E-state index contributed by atoms with van der Waals surface area (Å²) in [7, 11) is 1.35. The van der Waals surface area contributed by atoms with Gasteiger partial charge in [-0.15, -0.1) is 0 Å². The van der Waals surface area contributed by atoms with E-state index >= 15 is 0 Å². The second kappa shape index (κ2) is 8.36. The van der Waals surface area contributed by atoms with Gasteiger partial charge in [0, 0.05) is 6.20 Å². The van der Waals surface area contributed by atoms with Gasteiger partial charge in [0.15, 0.2) is 0 Å². The number of carbonyl (C=O) groups is 2. The first kappa shape index (κ1) is 17.1. The van der Waals surface area contributed by atoms with E-state index in [0.717, 1.165) is 24.8 Å². The number of amides is 1. The Morgan fingerprint density at radius 1 is 1.35 bits per heavy atom. The zero-order valence-corrected chi connectivity index (χ0v) is 13.7. The van der Waals surface area contributed by atoms with Crippen molar-refractivity contribution in [2.24, 2.45) is 0 Å². The summed E-state index contributed by atoms with van der Waals surface area (Å²) >= 11 is 0. The van der Waals surface area contributed by atoms with Crippen LogP contribution in [0.5, 0.6) is 0 Å². The molecule has 1 fully saturated rings. The number of methoxy groups -OCH3 is 1. The molecule has 0 bridgehead atoms. The second-order valence-electron chi connectivity index (χ2n) is 5.51. The Labute approximate surface area is 136 Å². The van der Waals surface area contributed by atoms with Gasteiger partial charge in [0.05, 0.1) is 18.7 Å². The summed E-state index contributed by atoms with van der Waals surface area (Å²) in [6, 6.07) is 9.44. The van der Waals surface area contributed by atoms with E-state index in [1.165, 1.54) is 12.0 Å².